The van der Waals surface area contributed by atoms with Gasteiger partial charge in [-0.2, -0.15) is 5.10 Å². The first-order chi connectivity index (χ1) is 18.7. The Morgan fingerprint density at radius 2 is 1.87 bits per heavy atom. The molecule has 0 aliphatic carbocycles. The monoisotopic (exact) mass is 553 g/mol. The van der Waals surface area contributed by atoms with Gasteiger partial charge in [-0.3, -0.25) is 4.79 Å². The molecule has 0 radical (unpaired) electrons. The summed E-state index contributed by atoms with van der Waals surface area (Å²) in [7, 11) is -4.13. The van der Waals surface area contributed by atoms with Crippen LogP contribution in [0.4, 0.5) is 14.6 Å². The minimum absolute atomic E-state index is 0.101. The lowest BCUT2D eigenvalue weighted by molar-refractivity contribution is -0.127. The number of aromatic nitrogens is 4. The lowest BCUT2D eigenvalue weighted by atomic mass is 10.1. The number of nitrogens with zero attached hydrogens (tertiary/aromatic N) is 5. The summed E-state index contributed by atoms with van der Waals surface area (Å²) in [6.45, 7) is 4.58. The highest BCUT2D eigenvalue weighted by Gasteiger charge is 2.28. The Hall–Kier alpha value is -4.23. The highest BCUT2D eigenvalue weighted by Crippen LogP contribution is 2.34. The van der Waals surface area contributed by atoms with Crippen LogP contribution in [-0.4, -0.2) is 52.1 Å². The van der Waals surface area contributed by atoms with Crippen LogP contribution >= 0.6 is 0 Å². The number of anilines is 1. The highest BCUT2D eigenvalue weighted by atomic mass is 32.2. The molecule has 10 nitrogen and oxygen atoms in total. The second-order valence-electron chi connectivity index (χ2n) is 9.16. The molecule has 0 saturated carbocycles. The number of rotatable bonds is 7. The molecule has 1 amide bonds. The molecular weight excluding hydrogens is 528 g/mol. The van der Waals surface area contributed by atoms with Crippen molar-refractivity contribution in [2.75, 3.05) is 18.8 Å². The maximum Gasteiger partial charge on any atom is 0.246 e. The number of benzene rings is 2. The van der Waals surface area contributed by atoms with Gasteiger partial charge in [0.2, 0.25) is 15.9 Å². The van der Waals surface area contributed by atoms with E-state index in [-0.39, 0.29) is 24.3 Å². The number of amides is 1. The van der Waals surface area contributed by atoms with Crippen molar-refractivity contribution in [3.8, 4) is 11.3 Å². The SMILES string of the molecule is C=CC(=O)N1CCC[C@@H](n2nc(-c3ccc(CNS(=O)(=O)c4cc(F)cc(F)c4)cc3)c3c(N)ncnc32)C1. The second kappa shape index (κ2) is 10.5. The Bertz CT molecular complexity index is 1650. The highest BCUT2D eigenvalue weighted by molar-refractivity contribution is 7.89. The summed E-state index contributed by atoms with van der Waals surface area (Å²) in [5.74, 6) is -1.85. The normalized spacial score (nSPS) is 15.9. The van der Waals surface area contributed by atoms with Crippen LogP contribution in [0.3, 0.4) is 0 Å². The molecular formula is C26H25F2N7O3S. The number of nitrogen functional groups attached to an aromatic ring is 1. The Kier molecular flexibility index (Phi) is 7.10. The van der Waals surface area contributed by atoms with E-state index < -0.39 is 26.6 Å². The van der Waals surface area contributed by atoms with Gasteiger partial charge in [0, 0.05) is 31.3 Å². The van der Waals surface area contributed by atoms with E-state index in [1.54, 1.807) is 33.8 Å². The molecule has 0 spiro atoms. The summed E-state index contributed by atoms with van der Waals surface area (Å²) in [6, 6.07) is 8.93. The van der Waals surface area contributed by atoms with Crippen LogP contribution in [0.15, 0.2) is 66.3 Å². The van der Waals surface area contributed by atoms with Crippen molar-refractivity contribution in [3.63, 3.8) is 0 Å². The van der Waals surface area contributed by atoms with Crippen LogP contribution in [-0.2, 0) is 21.4 Å². The predicted octanol–water partition coefficient (Wildman–Crippen LogP) is 3.18. The van der Waals surface area contributed by atoms with Crippen molar-refractivity contribution in [2.45, 2.75) is 30.3 Å². The molecule has 3 N–H and O–H groups in total. The van der Waals surface area contributed by atoms with Crippen molar-refractivity contribution < 1.29 is 22.0 Å². The van der Waals surface area contributed by atoms with Crippen LogP contribution in [0.5, 0.6) is 0 Å². The van der Waals surface area contributed by atoms with E-state index in [0.717, 1.165) is 25.0 Å². The first-order valence-electron chi connectivity index (χ1n) is 12.1. The number of hydrogen-bond donors (Lipinski definition) is 2. The Labute approximate surface area is 223 Å². The Morgan fingerprint density at radius 1 is 1.15 bits per heavy atom. The van der Waals surface area contributed by atoms with Crippen LogP contribution < -0.4 is 10.5 Å². The van der Waals surface area contributed by atoms with E-state index in [0.29, 0.717) is 47.0 Å². The topological polar surface area (TPSA) is 136 Å². The Morgan fingerprint density at radius 3 is 2.56 bits per heavy atom. The third-order valence-electron chi connectivity index (χ3n) is 6.59. The predicted molar refractivity (Wildman–Crippen MR) is 141 cm³/mol. The molecule has 5 rings (SSSR count). The molecule has 4 aromatic rings. The van der Waals surface area contributed by atoms with E-state index in [1.165, 1.54) is 12.4 Å². The fourth-order valence-corrected chi connectivity index (χ4v) is 5.72. The first kappa shape index (κ1) is 26.4. The molecule has 13 heteroatoms. The molecule has 2 aromatic carbocycles. The molecule has 1 aliphatic heterocycles. The van der Waals surface area contributed by atoms with E-state index in [9.17, 15) is 22.0 Å². The summed E-state index contributed by atoms with van der Waals surface area (Å²) in [5, 5.41) is 5.40. The van der Waals surface area contributed by atoms with Gasteiger partial charge in [-0.1, -0.05) is 30.8 Å². The number of nitrogens with two attached hydrogens (primary N) is 1. The van der Waals surface area contributed by atoms with Gasteiger partial charge in [0.15, 0.2) is 5.65 Å². The van der Waals surface area contributed by atoms with Crippen LogP contribution in [0.2, 0.25) is 0 Å². The van der Waals surface area contributed by atoms with Gasteiger partial charge >= 0.3 is 0 Å². The molecule has 2 aromatic heterocycles. The second-order valence-corrected chi connectivity index (χ2v) is 10.9. The van der Waals surface area contributed by atoms with Gasteiger partial charge in [-0.05, 0) is 36.6 Å². The number of carbonyl (C=O) groups is 1. The lowest BCUT2D eigenvalue weighted by Gasteiger charge is -2.32. The minimum atomic E-state index is -4.13. The number of nitrogens with one attached hydrogen (secondary N) is 1. The van der Waals surface area contributed by atoms with Gasteiger partial charge < -0.3 is 10.6 Å². The summed E-state index contributed by atoms with van der Waals surface area (Å²) < 4.78 is 56.1. The van der Waals surface area contributed by atoms with Crippen molar-refractivity contribution in [3.05, 3.63) is 78.6 Å². The van der Waals surface area contributed by atoms with Crippen molar-refractivity contribution in [2.24, 2.45) is 0 Å². The van der Waals surface area contributed by atoms with E-state index in [1.807, 2.05) is 0 Å². The molecule has 202 valence electrons. The van der Waals surface area contributed by atoms with Gasteiger partial charge in [0.05, 0.1) is 16.3 Å². The number of hydrogen-bond acceptors (Lipinski definition) is 7. The van der Waals surface area contributed by atoms with Gasteiger partial charge in [-0.25, -0.2) is 36.6 Å². The molecule has 1 aliphatic rings. The maximum absolute atomic E-state index is 13.5. The molecule has 0 bridgehead atoms. The zero-order chi connectivity index (χ0) is 27.7. The molecule has 1 fully saturated rings. The van der Waals surface area contributed by atoms with Gasteiger partial charge in [-0.15, -0.1) is 0 Å². The van der Waals surface area contributed by atoms with Gasteiger partial charge in [0.1, 0.15) is 29.5 Å². The van der Waals surface area contributed by atoms with Crippen molar-refractivity contribution in [1.82, 2.24) is 29.4 Å². The third-order valence-corrected chi connectivity index (χ3v) is 7.97. The summed E-state index contributed by atoms with van der Waals surface area (Å²) in [5.41, 5.74) is 8.64. The molecule has 3 heterocycles. The van der Waals surface area contributed by atoms with Crippen molar-refractivity contribution in [1.29, 1.82) is 0 Å². The maximum atomic E-state index is 13.5. The first-order valence-corrected chi connectivity index (χ1v) is 13.6. The van der Waals surface area contributed by atoms with E-state index >= 15 is 0 Å². The average Bonchev–Trinajstić information content (AvgIpc) is 3.32. The van der Waals surface area contributed by atoms with E-state index in [2.05, 4.69) is 21.3 Å². The minimum Gasteiger partial charge on any atom is -0.383 e. The molecule has 1 saturated heterocycles. The fourth-order valence-electron chi connectivity index (χ4n) is 4.66. The molecule has 1 atom stereocenters. The fraction of sp³-hybridized carbons (Fsp3) is 0.231. The molecule has 0 unspecified atom stereocenters. The van der Waals surface area contributed by atoms with Crippen LogP contribution in [0, 0.1) is 11.6 Å². The smallest absolute Gasteiger partial charge is 0.246 e. The number of sulfonamides is 1. The zero-order valence-electron chi connectivity index (χ0n) is 20.7. The quantitative estimate of drug-likeness (QED) is 0.336. The zero-order valence-corrected chi connectivity index (χ0v) is 21.5. The standard InChI is InChI=1S/C26H25F2N7O3S/c1-2-22(36)34-9-3-4-20(14-34)35-26-23(25(29)30-15-31-26)24(33-35)17-7-5-16(6-8-17)13-32-39(37,38)21-11-18(27)10-19(28)12-21/h2,5-8,10-12,15,20,32H,1,3-4,9,13-14H2,(H2,29,30,31)/t20-/m1/s1. The van der Waals surface area contributed by atoms with Crippen LogP contribution in [0.1, 0.15) is 24.4 Å². The summed E-state index contributed by atoms with van der Waals surface area (Å²) in [4.78, 5) is 22.0. The number of likely N-dealkylation sites (tertiary alicyclic amines) is 1. The Balaban J connectivity index is 1.41. The summed E-state index contributed by atoms with van der Waals surface area (Å²) in [6.07, 6.45) is 4.27. The van der Waals surface area contributed by atoms with Crippen LogP contribution in [0.25, 0.3) is 22.3 Å². The number of halogens is 2. The largest absolute Gasteiger partial charge is 0.383 e. The summed E-state index contributed by atoms with van der Waals surface area (Å²) >= 11 is 0. The number of carbonyl (C=O) groups excluding carboxylic acids is 1. The van der Waals surface area contributed by atoms with Gasteiger partial charge in [0.25, 0.3) is 0 Å². The lowest BCUT2D eigenvalue weighted by Crippen LogP contribution is -2.40. The number of piperidine rings is 1. The van der Waals surface area contributed by atoms with Crippen molar-refractivity contribution >= 4 is 32.8 Å². The molecule has 39 heavy (non-hydrogen) atoms. The number of fused-ring (bicyclic) bond motifs is 1. The third kappa shape index (κ3) is 5.36. The van der Waals surface area contributed by atoms with E-state index in [4.69, 9.17) is 10.8 Å². The average molecular weight is 554 g/mol.